The number of nitrogens with one attached hydrogen (secondary N) is 2. The van der Waals surface area contributed by atoms with Crippen molar-refractivity contribution in [2.24, 2.45) is 26.0 Å². The number of aryl methyl sites for hydroxylation is 2. The van der Waals surface area contributed by atoms with Gasteiger partial charge in [-0.25, -0.2) is 38.6 Å². The van der Waals surface area contributed by atoms with Crippen LogP contribution in [0.15, 0.2) is 233 Å². The summed E-state index contributed by atoms with van der Waals surface area (Å²) in [5.41, 5.74) is 50.1. The van der Waals surface area contributed by atoms with Crippen LogP contribution in [0.5, 0.6) is 0 Å². The summed E-state index contributed by atoms with van der Waals surface area (Å²) in [7, 11) is 4.34. The Bertz CT molecular complexity index is 5690. The van der Waals surface area contributed by atoms with Gasteiger partial charge in [0.25, 0.3) is 0 Å². The molecule has 0 heterocycles. The first-order chi connectivity index (χ1) is 63.1. The molecule has 137 heavy (non-hydrogen) atoms. The summed E-state index contributed by atoms with van der Waals surface area (Å²) >= 11 is 10.2. The third-order valence-electron chi connectivity index (χ3n) is 19.0. The maximum atomic E-state index is 13.1. The van der Waals surface area contributed by atoms with E-state index < -0.39 is 70.2 Å². The summed E-state index contributed by atoms with van der Waals surface area (Å²) in [6.45, 7) is 38.1. The zero-order valence-corrected chi connectivity index (χ0v) is 89.6. The maximum Gasteiger partial charge on any atom is 1.00 e. The number of hydrogen-bond acceptors (Lipinski definition) is 18. The van der Waals surface area contributed by atoms with E-state index in [0.29, 0.717) is 61.2 Å². The zero-order chi connectivity index (χ0) is 99.9. The van der Waals surface area contributed by atoms with E-state index in [1.165, 1.54) is 70.6 Å². The second-order valence-electron chi connectivity index (χ2n) is 36.4. The quantitative estimate of drug-likeness (QED) is 0.0114. The van der Waals surface area contributed by atoms with Gasteiger partial charge in [0.05, 0.1) is 26.2 Å². The van der Waals surface area contributed by atoms with E-state index in [0.717, 1.165) is 64.3 Å². The Kier molecular flexibility index (Phi) is 52.1. The van der Waals surface area contributed by atoms with E-state index in [1.807, 2.05) is 139 Å². The number of carbonyl (C=O) groups excluding carboxylic acids is 6. The molecule has 6 N–H and O–H groups in total. The average Bonchev–Trinajstić information content (AvgIpc) is 0.749. The number of nitrogens with two attached hydrogens (primary N) is 2. The van der Waals surface area contributed by atoms with Crippen molar-refractivity contribution >= 4 is 178 Å². The average molecular weight is 2060 g/mol. The van der Waals surface area contributed by atoms with Crippen LogP contribution in [-0.4, -0.2) is 87.6 Å². The minimum atomic E-state index is -0.842. The van der Waals surface area contributed by atoms with Crippen molar-refractivity contribution in [1.29, 1.82) is 0 Å². The molecule has 28 nitrogen and oxygen atoms in total. The third-order valence-corrected chi connectivity index (χ3v) is 20.2. The summed E-state index contributed by atoms with van der Waals surface area (Å²) in [6.07, 6.45) is -4.27. The Morgan fingerprint density at radius 1 is 0.343 bits per heavy atom. The van der Waals surface area contributed by atoms with Crippen LogP contribution in [0.2, 0.25) is 0 Å². The van der Waals surface area contributed by atoms with E-state index in [4.69, 9.17) is 62.0 Å². The van der Waals surface area contributed by atoms with E-state index in [2.05, 4.69) is 198 Å². The molecule has 35 heteroatoms. The van der Waals surface area contributed by atoms with Crippen LogP contribution in [0.4, 0.5) is 28.8 Å². The number of fused-ring (bicyclic) bond motifs is 6. The van der Waals surface area contributed by atoms with E-state index in [1.54, 1.807) is 107 Å². The van der Waals surface area contributed by atoms with Crippen LogP contribution in [0.3, 0.4) is 0 Å². The summed E-state index contributed by atoms with van der Waals surface area (Å²) in [4.78, 5) is 85.2. The minimum Gasteiger partial charge on any atom is -0.373 e. The molecule has 0 fully saturated rings. The molecule has 0 saturated carbocycles. The number of alkyl carbamates (subject to hydrolysis) is 2. The molecule has 0 aromatic heterocycles. The number of azide groups is 2. The van der Waals surface area contributed by atoms with Gasteiger partial charge in [0.15, 0.2) is 0 Å². The number of nitrogens with zero attached hydrogens (tertiary/aromatic N) is 12. The van der Waals surface area contributed by atoms with Gasteiger partial charge in [-0.3, -0.25) is 4.91 Å². The van der Waals surface area contributed by atoms with Crippen LogP contribution in [0.25, 0.3) is 101 Å². The molecule has 0 aliphatic carbocycles. The fraction of sp³-hybridized carbons (Fsp3) is 0.353. The number of imide groups is 2. The summed E-state index contributed by atoms with van der Waals surface area (Å²) in [5, 5.41) is 28.0. The number of ether oxygens (including phenoxy) is 6. The maximum absolute atomic E-state index is 13.1. The van der Waals surface area contributed by atoms with E-state index >= 15 is 0 Å². The standard InChI is InChI=1S/C32H46N2O8.C22H30N2O4.C12H10Br2.C12H10N6.C12H14N2.C12H12.BHNS.2ClH.N3.Na/c1-29(2,3)39-25(35)33(26(36)40-30(4,5)6)19-21-15-13-18-24-22(16-14-17-23(21)24)20-34(27(37)41-31(7,8)9)28(38)42-32(10,11)12;1-21(2,3)27-19(25)23-13-15-9-7-12-18-16(10-8-11-17(15)18)14-24-20(26)28-22(4,5)6;13-7-9-3-1-5-11-10(8-14)4-2-6-12(9)11;13-17-15-7-9-3-1-5-11-10(8-16-18-14)4-2-6-12(9)11;13-7-9-3-1-5-11-10(8-14)4-2-6-12(9)11;1-9-5-3-8-12-10(2)6-4-7-11(9)12;1-2-3;;;1-3-2;/h13-18H,19-20H2,1-12H3;7-12H,13-14H2,1-6H3,(H,23,25)(H,24,26);1-6H,7-8H2;1-6H,7-8H2;1-6H,7-8,13-14H2;3-8H,1-2H3;3H;2*1H;;/q;;;;;;;;;-1;+1. The Morgan fingerprint density at radius 2 is 0.533 bits per heavy atom. The summed E-state index contributed by atoms with van der Waals surface area (Å²) < 4.78 is 35.3. The molecule has 12 aromatic rings. The van der Waals surface area contributed by atoms with Gasteiger partial charge < -0.3 is 61.6 Å². The van der Waals surface area contributed by atoms with Crippen molar-refractivity contribution in [3.63, 3.8) is 0 Å². The number of thiol groups is 1. The van der Waals surface area contributed by atoms with Crippen LogP contribution >= 0.6 is 69.5 Å². The van der Waals surface area contributed by atoms with Gasteiger partial charge in [0.2, 0.25) is 0 Å². The summed E-state index contributed by atoms with van der Waals surface area (Å²) in [5.74, 6) is 0. The molecular weight excluding hydrogens is 1940 g/mol. The van der Waals surface area contributed by atoms with E-state index in [-0.39, 0.29) is 67.5 Å². The second kappa shape index (κ2) is 58.5. The van der Waals surface area contributed by atoms with Crippen LogP contribution < -0.4 is 51.7 Å². The SMILES string of the molecule is BrCc1cccc2c(CBr)cccc12.CC(C)(C)OC(=O)N(Cc1cccc2c(CN(C(=O)OC(C)(C)C)C(=O)OC(C)(C)C)cccc12)C(=O)OC(C)(C)C.CC(C)(C)OC(=O)NCc1cccc2c(CNC(=O)OC(C)(C)C)cccc12.Cc1cccc2c(C)cccc12.Cl.Cl.NCc1cccc2c(CN)cccc12.[B]=NS.[N-]=[N+]=NCc1cccc2c(CN=[N+]=[N-])cccc12.[N-]=[N+]=[N-].[Na+]. The normalized spacial score (nSPS) is 10.7. The van der Waals surface area contributed by atoms with Gasteiger partial charge in [-0.15, -0.1) is 24.8 Å². The largest absolute Gasteiger partial charge is 1.00 e. The fourth-order valence-corrected chi connectivity index (χ4v) is 14.4. The molecule has 0 unspecified atom stereocenters. The number of rotatable bonds is 16. The molecule has 12 rings (SSSR count). The first-order valence-electron chi connectivity index (χ1n) is 43.0. The first kappa shape index (κ1) is 122. The molecule has 0 aliphatic heterocycles. The van der Waals surface area contributed by atoms with Gasteiger partial charge in [-0.2, -0.15) is 0 Å². The molecule has 0 spiro atoms. The van der Waals surface area contributed by atoms with Gasteiger partial charge in [0, 0.05) is 46.7 Å². The third kappa shape index (κ3) is 41.6. The Labute approximate surface area is 861 Å². The molecule has 0 atom stereocenters. The molecule has 723 valence electrons. The topological polar surface area (TPSA) is 409 Å². The Morgan fingerprint density at radius 3 is 0.766 bits per heavy atom. The Balaban J connectivity index is 0.000000578. The second-order valence-corrected chi connectivity index (χ2v) is 37.7. The molecular formula is C102H125BBr2Cl2N16NaO12S. The number of hydrogen-bond donors (Lipinski definition) is 5. The van der Waals surface area contributed by atoms with Gasteiger partial charge in [-0.1, -0.05) is 260 Å². The van der Waals surface area contributed by atoms with Crippen molar-refractivity contribution < 1.29 is 86.7 Å². The smallest absolute Gasteiger partial charge is 0.373 e. The van der Waals surface area contributed by atoms with Crippen molar-refractivity contribution in [3.05, 3.63) is 322 Å². The molecule has 0 bridgehead atoms. The first-order valence-corrected chi connectivity index (χ1v) is 45.7. The number of halogens is 4. The van der Waals surface area contributed by atoms with Gasteiger partial charge in [-0.05, 0) is 281 Å². The van der Waals surface area contributed by atoms with Crippen molar-refractivity contribution in [2.75, 3.05) is 0 Å². The molecule has 6 amide bonds. The number of alkyl halides is 2. The van der Waals surface area contributed by atoms with Crippen molar-refractivity contribution in [2.45, 2.75) is 235 Å². The number of benzene rings is 12. The molecule has 1 radical (unpaired) electrons. The van der Waals surface area contributed by atoms with Crippen LogP contribution in [0.1, 0.15) is 191 Å². The number of carbonyl (C=O) groups is 6. The summed E-state index contributed by atoms with van der Waals surface area (Å²) in [6, 6.07) is 72.4. The van der Waals surface area contributed by atoms with Crippen molar-refractivity contribution in [3.8, 4) is 0 Å². The minimum absolute atomic E-state index is 0. The Hall–Kier alpha value is -11.2. The van der Waals surface area contributed by atoms with Gasteiger partial charge in [0.1, 0.15) is 33.6 Å². The predicted molar refractivity (Wildman–Crippen MR) is 564 cm³/mol. The molecule has 0 saturated heterocycles. The number of amides is 6. The van der Waals surface area contributed by atoms with Crippen molar-refractivity contribution in [1.82, 2.24) is 20.4 Å². The van der Waals surface area contributed by atoms with E-state index in [9.17, 15) is 28.8 Å². The molecule has 0 aliphatic rings. The molecule has 12 aromatic carbocycles. The fourth-order valence-electron chi connectivity index (χ4n) is 13.5. The monoisotopic (exact) mass is 2060 g/mol. The van der Waals surface area contributed by atoms with Gasteiger partial charge >= 0.3 is 90.9 Å². The predicted octanol–water partition coefficient (Wildman–Crippen LogP) is 26.3. The van der Waals surface area contributed by atoms with Crippen LogP contribution in [0, 0.1) is 13.8 Å². The van der Waals surface area contributed by atoms with Crippen LogP contribution in [-0.2, 0) is 91.4 Å². The zero-order valence-electron chi connectivity index (χ0n) is 81.9.